The van der Waals surface area contributed by atoms with Gasteiger partial charge >= 0.3 is 0 Å². The molecule has 7 aromatic rings. The van der Waals surface area contributed by atoms with Crippen LogP contribution in [0.1, 0.15) is 25.0 Å². The van der Waals surface area contributed by atoms with Crippen LogP contribution in [0.3, 0.4) is 0 Å². The normalized spacial score (nSPS) is 13.3. The fourth-order valence-electron chi connectivity index (χ4n) is 6.86. The molecule has 0 unspecified atom stereocenters. The Morgan fingerprint density at radius 3 is 2.07 bits per heavy atom. The maximum atomic E-state index is 3.75. The number of benzene rings is 6. The third kappa shape index (κ3) is 3.64. The fourth-order valence-corrected chi connectivity index (χ4v) is 6.86. The van der Waals surface area contributed by atoms with E-state index in [0.717, 1.165) is 5.69 Å². The Labute approximate surface area is 240 Å². The minimum Gasteiger partial charge on any atom is -0.355 e. The number of nitrogens with zero attached hydrogens (tertiary/aromatic N) is 1. The smallest absolute Gasteiger partial charge is 0.0541 e. The second kappa shape index (κ2) is 8.97. The van der Waals surface area contributed by atoms with E-state index in [1.807, 2.05) is 0 Å². The number of aromatic nitrogens is 1. The summed E-state index contributed by atoms with van der Waals surface area (Å²) < 4.78 is 2.36. The van der Waals surface area contributed by atoms with Gasteiger partial charge in [0.15, 0.2) is 0 Å². The van der Waals surface area contributed by atoms with Crippen molar-refractivity contribution in [2.75, 3.05) is 5.32 Å². The molecule has 0 saturated carbocycles. The topological polar surface area (TPSA) is 17.0 Å². The molecule has 0 aliphatic heterocycles. The van der Waals surface area contributed by atoms with Crippen LogP contribution in [-0.2, 0) is 5.41 Å². The van der Waals surface area contributed by atoms with Crippen LogP contribution in [0.15, 0.2) is 140 Å². The molecule has 1 aromatic heterocycles. The average molecular weight is 527 g/mol. The first-order valence-electron chi connectivity index (χ1n) is 14.3. The number of para-hydroxylation sites is 2. The van der Waals surface area contributed by atoms with Crippen molar-refractivity contribution in [1.29, 1.82) is 0 Å². The van der Waals surface area contributed by atoms with Crippen LogP contribution < -0.4 is 5.32 Å². The lowest BCUT2D eigenvalue weighted by Crippen LogP contribution is -2.16. The zero-order chi connectivity index (χ0) is 27.6. The molecule has 1 N–H and O–H groups in total. The van der Waals surface area contributed by atoms with Crippen LogP contribution >= 0.6 is 0 Å². The van der Waals surface area contributed by atoms with E-state index in [9.17, 15) is 0 Å². The van der Waals surface area contributed by atoms with Gasteiger partial charge in [-0.3, -0.25) is 0 Å². The third-order valence-corrected chi connectivity index (χ3v) is 8.76. The van der Waals surface area contributed by atoms with Crippen LogP contribution in [0.25, 0.3) is 49.7 Å². The highest BCUT2D eigenvalue weighted by atomic mass is 15.0. The predicted octanol–water partition coefficient (Wildman–Crippen LogP) is 10.5. The minimum absolute atomic E-state index is 0.0518. The van der Waals surface area contributed by atoms with E-state index in [2.05, 4.69) is 163 Å². The average Bonchev–Trinajstić information content (AvgIpc) is 3.47. The summed E-state index contributed by atoms with van der Waals surface area (Å²) in [5, 5.41) is 6.29. The fraction of sp³-hybridized carbons (Fsp3) is 0.0769. The molecule has 2 nitrogen and oxygen atoms in total. The Morgan fingerprint density at radius 2 is 1.22 bits per heavy atom. The van der Waals surface area contributed by atoms with Crippen molar-refractivity contribution < 1.29 is 0 Å². The number of hydrogen-bond acceptors (Lipinski definition) is 1. The van der Waals surface area contributed by atoms with Crippen LogP contribution in [0.5, 0.6) is 0 Å². The monoisotopic (exact) mass is 526 g/mol. The van der Waals surface area contributed by atoms with E-state index < -0.39 is 0 Å². The number of hydrogen-bond donors (Lipinski definition) is 1. The number of nitrogens with one attached hydrogen (secondary N) is 1. The molecule has 0 atom stereocenters. The molecule has 6 aromatic carbocycles. The van der Waals surface area contributed by atoms with E-state index in [1.54, 1.807) is 0 Å². The van der Waals surface area contributed by atoms with Crippen LogP contribution in [-0.4, -0.2) is 4.57 Å². The summed E-state index contributed by atoms with van der Waals surface area (Å²) in [5.74, 6) is 0. The molecule has 0 radical (unpaired) electrons. The van der Waals surface area contributed by atoms with Crippen molar-refractivity contribution >= 4 is 33.2 Å². The van der Waals surface area contributed by atoms with Crippen molar-refractivity contribution in [2.24, 2.45) is 0 Å². The van der Waals surface area contributed by atoms with Crippen LogP contribution in [0.2, 0.25) is 0 Å². The first-order valence-corrected chi connectivity index (χ1v) is 14.3. The van der Waals surface area contributed by atoms with E-state index in [0.29, 0.717) is 0 Å². The van der Waals surface area contributed by atoms with Crippen molar-refractivity contribution in [3.8, 4) is 27.9 Å². The highest BCUT2D eigenvalue weighted by Gasteiger charge is 2.37. The summed E-state index contributed by atoms with van der Waals surface area (Å²) in [6.07, 6.45) is 0. The summed E-state index contributed by atoms with van der Waals surface area (Å²) in [6.45, 7) is 4.66. The van der Waals surface area contributed by atoms with Gasteiger partial charge in [0.1, 0.15) is 0 Å². The van der Waals surface area contributed by atoms with Gasteiger partial charge in [0, 0.05) is 33.2 Å². The molecule has 0 spiro atoms. The molecule has 1 aliphatic carbocycles. The van der Waals surface area contributed by atoms with Gasteiger partial charge in [-0.2, -0.15) is 0 Å². The van der Waals surface area contributed by atoms with Gasteiger partial charge in [-0.25, -0.2) is 0 Å². The van der Waals surface area contributed by atoms with Crippen molar-refractivity contribution in [3.05, 3.63) is 151 Å². The lowest BCUT2D eigenvalue weighted by atomic mass is 9.81. The quantitative estimate of drug-likeness (QED) is 0.241. The Morgan fingerprint density at radius 1 is 0.537 bits per heavy atom. The molecule has 0 fully saturated rings. The SMILES string of the molecule is CC1(C)c2ccccc2-c2cccc(Nc3ccc(-c4ccc5c(c4)c4ccccc4n5-c4ccccc4)cc3)c21. The standard InChI is InChI=1S/C39H30N2/c1-39(2)34-16-8-6-13-30(34)32-15-10-17-35(38(32)39)40-28-22-19-26(20-23-28)27-21-24-37-33(25-27)31-14-7-9-18-36(31)41(37)29-11-4-3-5-12-29/h3-25,40H,1-2H3. The zero-order valence-electron chi connectivity index (χ0n) is 23.2. The maximum absolute atomic E-state index is 3.75. The van der Waals surface area contributed by atoms with E-state index in [-0.39, 0.29) is 5.41 Å². The molecule has 8 rings (SSSR count). The lowest BCUT2D eigenvalue weighted by Gasteiger charge is -2.24. The second-order valence-corrected chi connectivity index (χ2v) is 11.5. The van der Waals surface area contributed by atoms with Gasteiger partial charge in [0.05, 0.1) is 11.0 Å². The molecular formula is C39H30N2. The van der Waals surface area contributed by atoms with E-state index in [4.69, 9.17) is 0 Å². The summed E-state index contributed by atoms with van der Waals surface area (Å²) in [5.41, 5.74) is 13.7. The van der Waals surface area contributed by atoms with Crippen molar-refractivity contribution in [2.45, 2.75) is 19.3 Å². The van der Waals surface area contributed by atoms with Gasteiger partial charge in [0.2, 0.25) is 0 Å². The Balaban J connectivity index is 1.15. The highest BCUT2D eigenvalue weighted by molar-refractivity contribution is 6.10. The Bertz CT molecular complexity index is 2080. The lowest BCUT2D eigenvalue weighted by molar-refractivity contribution is 0.662. The first kappa shape index (κ1) is 23.8. The van der Waals surface area contributed by atoms with Gasteiger partial charge in [-0.15, -0.1) is 0 Å². The molecule has 196 valence electrons. The zero-order valence-corrected chi connectivity index (χ0v) is 23.2. The van der Waals surface area contributed by atoms with Gasteiger partial charge < -0.3 is 9.88 Å². The van der Waals surface area contributed by atoms with Gasteiger partial charge in [-0.1, -0.05) is 105 Å². The van der Waals surface area contributed by atoms with E-state index >= 15 is 0 Å². The van der Waals surface area contributed by atoms with Gasteiger partial charge in [-0.05, 0) is 81.9 Å². The Kier molecular flexibility index (Phi) is 5.20. The molecule has 0 bridgehead atoms. The van der Waals surface area contributed by atoms with Crippen molar-refractivity contribution in [3.63, 3.8) is 0 Å². The van der Waals surface area contributed by atoms with Crippen molar-refractivity contribution in [1.82, 2.24) is 4.57 Å². The molecular weight excluding hydrogens is 496 g/mol. The van der Waals surface area contributed by atoms with Crippen LogP contribution in [0, 0.1) is 0 Å². The summed E-state index contributed by atoms with van der Waals surface area (Å²) >= 11 is 0. The Hall–Kier alpha value is -5.08. The molecule has 0 saturated heterocycles. The summed E-state index contributed by atoms with van der Waals surface area (Å²) in [4.78, 5) is 0. The molecule has 41 heavy (non-hydrogen) atoms. The maximum Gasteiger partial charge on any atom is 0.0541 e. The highest BCUT2D eigenvalue weighted by Crippen LogP contribution is 2.51. The molecule has 0 amide bonds. The first-order chi connectivity index (χ1) is 20.1. The number of fused-ring (bicyclic) bond motifs is 6. The molecule has 1 heterocycles. The second-order valence-electron chi connectivity index (χ2n) is 11.5. The largest absolute Gasteiger partial charge is 0.355 e. The minimum atomic E-state index is -0.0518. The number of rotatable bonds is 4. The third-order valence-electron chi connectivity index (χ3n) is 8.76. The summed E-state index contributed by atoms with van der Waals surface area (Å²) in [7, 11) is 0. The van der Waals surface area contributed by atoms with E-state index in [1.165, 1.54) is 66.6 Å². The number of anilines is 2. The molecule has 2 heteroatoms. The van der Waals surface area contributed by atoms with Gasteiger partial charge in [0.25, 0.3) is 0 Å². The summed E-state index contributed by atoms with van der Waals surface area (Å²) in [6, 6.07) is 50.4. The molecule has 1 aliphatic rings. The van der Waals surface area contributed by atoms with Crippen LogP contribution in [0.4, 0.5) is 11.4 Å². The predicted molar refractivity (Wildman–Crippen MR) is 174 cm³/mol.